The summed E-state index contributed by atoms with van der Waals surface area (Å²) in [7, 11) is 0. The number of amides is 1. The smallest absolute Gasteiger partial charge is 0.222 e. The van der Waals surface area contributed by atoms with Crippen molar-refractivity contribution in [1.82, 2.24) is 9.80 Å². The highest BCUT2D eigenvalue weighted by Crippen LogP contribution is 2.21. The number of nitrogens with zero attached hydrogens (tertiary/aromatic N) is 2. The minimum atomic E-state index is 0.368. The first kappa shape index (κ1) is 10.9. The van der Waals surface area contributed by atoms with Gasteiger partial charge in [0.15, 0.2) is 0 Å². The molecule has 0 radical (unpaired) electrons. The van der Waals surface area contributed by atoms with Crippen LogP contribution in [0.15, 0.2) is 0 Å². The normalized spacial score (nSPS) is 25.1. The molecule has 2 aliphatic rings. The molecule has 15 heavy (non-hydrogen) atoms. The van der Waals surface area contributed by atoms with Crippen LogP contribution in [-0.2, 0) is 4.79 Å². The second-order valence-electron chi connectivity index (χ2n) is 4.55. The third-order valence-electron chi connectivity index (χ3n) is 3.55. The van der Waals surface area contributed by atoms with Gasteiger partial charge in [0.25, 0.3) is 0 Å². The van der Waals surface area contributed by atoms with Crippen LogP contribution in [0.2, 0.25) is 0 Å². The minimum Gasteiger partial charge on any atom is -0.340 e. The van der Waals surface area contributed by atoms with E-state index in [-0.39, 0.29) is 0 Å². The third-order valence-corrected chi connectivity index (χ3v) is 3.55. The van der Waals surface area contributed by atoms with Crippen molar-refractivity contribution < 1.29 is 4.79 Å². The second kappa shape index (κ2) is 4.94. The largest absolute Gasteiger partial charge is 0.340 e. The molecule has 2 fully saturated rings. The first-order valence-corrected chi connectivity index (χ1v) is 6.03. The van der Waals surface area contributed by atoms with Gasteiger partial charge in [0.05, 0.1) is 0 Å². The Balaban J connectivity index is 1.80. The molecule has 2 saturated heterocycles. The van der Waals surface area contributed by atoms with Crippen LogP contribution in [0.25, 0.3) is 0 Å². The molecule has 2 N–H and O–H groups in total. The first-order chi connectivity index (χ1) is 7.31. The van der Waals surface area contributed by atoms with E-state index in [9.17, 15) is 4.79 Å². The first-order valence-electron chi connectivity index (χ1n) is 6.03. The molecule has 0 bridgehead atoms. The van der Waals surface area contributed by atoms with Gasteiger partial charge in [0, 0.05) is 45.2 Å². The predicted octanol–water partition coefficient (Wildman–Crippen LogP) is 0.0319. The highest BCUT2D eigenvalue weighted by Gasteiger charge is 2.30. The molecule has 86 valence electrons. The summed E-state index contributed by atoms with van der Waals surface area (Å²) in [6.45, 7) is 4.94. The van der Waals surface area contributed by atoms with E-state index in [0.717, 1.165) is 58.4 Å². The molecular formula is C11H21N3O. The summed E-state index contributed by atoms with van der Waals surface area (Å²) < 4.78 is 0. The minimum absolute atomic E-state index is 0.368. The zero-order valence-corrected chi connectivity index (χ0v) is 9.32. The van der Waals surface area contributed by atoms with Crippen molar-refractivity contribution in [3.8, 4) is 0 Å². The lowest BCUT2D eigenvalue weighted by atomic mass is 10.0. The average Bonchev–Trinajstić information content (AvgIpc) is 2.66. The van der Waals surface area contributed by atoms with E-state index in [0.29, 0.717) is 11.9 Å². The molecule has 0 saturated carbocycles. The molecule has 0 aromatic carbocycles. The maximum Gasteiger partial charge on any atom is 0.222 e. The number of likely N-dealkylation sites (tertiary alicyclic amines) is 2. The van der Waals surface area contributed by atoms with Gasteiger partial charge in [-0.2, -0.15) is 0 Å². The van der Waals surface area contributed by atoms with Gasteiger partial charge in [0.2, 0.25) is 5.91 Å². The SMILES string of the molecule is NCCN1CCC(N2CCCC2=O)CC1. The zero-order valence-electron chi connectivity index (χ0n) is 9.32. The van der Waals surface area contributed by atoms with Crippen molar-refractivity contribution in [1.29, 1.82) is 0 Å². The fourth-order valence-corrected chi connectivity index (χ4v) is 2.69. The van der Waals surface area contributed by atoms with Crippen LogP contribution in [0.4, 0.5) is 0 Å². The van der Waals surface area contributed by atoms with Crippen molar-refractivity contribution in [2.24, 2.45) is 5.73 Å². The van der Waals surface area contributed by atoms with E-state index in [1.54, 1.807) is 0 Å². The third kappa shape index (κ3) is 2.49. The summed E-state index contributed by atoms with van der Waals surface area (Å²) in [6, 6.07) is 0.508. The van der Waals surface area contributed by atoms with Crippen molar-refractivity contribution in [3.05, 3.63) is 0 Å². The van der Waals surface area contributed by atoms with Crippen molar-refractivity contribution >= 4 is 5.91 Å². The van der Waals surface area contributed by atoms with E-state index < -0.39 is 0 Å². The van der Waals surface area contributed by atoms with Crippen molar-refractivity contribution in [3.63, 3.8) is 0 Å². The molecule has 4 heteroatoms. The Bertz CT molecular complexity index is 224. The molecular weight excluding hydrogens is 190 g/mol. The highest BCUT2D eigenvalue weighted by molar-refractivity contribution is 5.78. The number of carbonyl (C=O) groups is 1. The van der Waals surface area contributed by atoms with Crippen LogP contribution in [-0.4, -0.2) is 54.5 Å². The van der Waals surface area contributed by atoms with E-state index in [4.69, 9.17) is 5.73 Å². The van der Waals surface area contributed by atoms with Crippen LogP contribution in [0.3, 0.4) is 0 Å². The van der Waals surface area contributed by atoms with Gasteiger partial charge in [-0.05, 0) is 19.3 Å². The van der Waals surface area contributed by atoms with Gasteiger partial charge in [-0.15, -0.1) is 0 Å². The molecule has 1 amide bonds. The molecule has 0 aromatic heterocycles. The zero-order chi connectivity index (χ0) is 10.7. The number of hydrogen-bond acceptors (Lipinski definition) is 3. The number of carbonyl (C=O) groups excluding carboxylic acids is 1. The summed E-state index contributed by atoms with van der Waals surface area (Å²) in [5.41, 5.74) is 5.53. The monoisotopic (exact) mass is 211 g/mol. The van der Waals surface area contributed by atoms with Gasteiger partial charge < -0.3 is 15.5 Å². The molecule has 2 heterocycles. The van der Waals surface area contributed by atoms with Crippen LogP contribution in [0.5, 0.6) is 0 Å². The Morgan fingerprint density at radius 3 is 2.53 bits per heavy atom. The summed E-state index contributed by atoms with van der Waals surface area (Å²) in [5, 5.41) is 0. The summed E-state index contributed by atoms with van der Waals surface area (Å²) in [4.78, 5) is 16.1. The fourth-order valence-electron chi connectivity index (χ4n) is 2.69. The van der Waals surface area contributed by atoms with E-state index >= 15 is 0 Å². The molecule has 0 unspecified atom stereocenters. The Labute approximate surface area is 91.4 Å². The number of rotatable bonds is 3. The maximum atomic E-state index is 11.6. The lowest BCUT2D eigenvalue weighted by molar-refractivity contribution is -0.130. The van der Waals surface area contributed by atoms with Crippen molar-refractivity contribution in [2.45, 2.75) is 31.7 Å². The van der Waals surface area contributed by atoms with Gasteiger partial charge in [-0.25, -0.2) is 0 Å². The van der Waals surface area contributed by atoms with Crippen LogP contribution >= 0.6 is 0 Å². The summed E-state index contributed by atoms with van der Waals surface area (Å²) >= 11 is 0. The van der Waals surface area contributed by atoms with Crippen molar-refractivity contribution in [2.75, 3.05) is 32.7 Å². The summed E-state index contributed by atoms with van der Waals surface area (Å²) in [6.07, 6.45) is 4.09. The summed E-state index contributed by atoms with van der Waals surface area (Å²) in [5.74, 6) is 0.368. The molecule has 2 aliphatic heterocycles. The topological polar surface area (TPSA) is 49.6 Å². The molecule has 2 rings (SSSR count). The average molecular weight is 211 g/mol. The Kier molecular flexibility index (Phi) is 3.59. The van der Waals surface area contributed by atoms with Gasteiger partial charge >= 0.3 is 0 Å². The Morgan fingerprint density at radius 1 is 1.27 bits per heavy atom. The molecule has 0 atom stereocenters. The van der Waals surface area contributed by atoms with E-state index in [1.165, 1.54) is 0 Å². The number of nitrogens with two attached hydrogens (primary N) is 1. The standard InChI is InChI=1S/C11H21N3O/c12-5-9-13-7-3-10(4-8-13)14-6-1-2-11(14)15/h10H,1-9,12H2. The predicted molar refractivity (Wildman–Crippen MR) is 59.5 cm³/mol. The van der Waals surface area contributed by atoms with Crippen LogP contribution < -0.4 is 5.73 Å². The van der Waals surface area contributed by atoms with Gasteiger partial charge in [0.1, 0.15) is 0 Å². The van der Waals surface area contributed by atoms with Crippen LogP contribution in [0.1, 0.15) is 25.7 Å². The Morgan fingerprint density at radius 2 is 2.00 bits per heavy atom. The highest BCUT2D eigenvalue weighted by atomic mass is 16.2. The van der Waals surface area contributed by atoms with E-state index in [1.807, 2.05) is 0 Å². The molecule has 0 aromatic rings. The lowest BCUT2D eigenvalue weighted by Crippen LogP contribution is -2.46. The second-order valence-corrected chi connectivity index (χ2v) is 4.55. The maximum absolute atomic E-state index is 11.6. The Hall–Kier alpha value is -0.610. The molecule has 0 aliphatic carbocycles. The number of hydrogen-bond donors (Lipinski definition) is 1. The lowest BCUT2D eigenvalue weighted by Gasteiger charge is -2.36. The molecule has 0 spiro atoms. The van der Waals surface area contributed by atoms with Gasteiger partial charge in [-0.1, -0.05) is 0 Å². The van der Waals surface area contributed by atoms with Crippen LogP contribution in [0, 0.1) is 0 Å². The number of piperidine rings is 1. The van der Waals surface area contributed by atoms with Gasteiger partial charge in [-0.3, -0.25) is 4.79 Å². The quantitative estimate of drug-likeness (QED) is 0.716. The fraction of sp³-hybridized carbons (Fsp3) is 0.909. The molecule has 4 nitrogen and oxygen atoms in total. The van der Waals surface area contributed by atoms with E-state index in [2.05, 4.69) is 9.80 Å².